The van der Waals surface area contributed by atoms with Crippen molar-refractivity contribution < 1.29 is 14.6 Å². The van der Waals surface area contributed by atoms with Crippen molar-refractivity contribution in [2.75, 3.05) is 25.1 Å². The number of carbonyl (C=O) groups excluding carboxylic acids is 1. The maximum atomic E-state index is 11.5. The summed E-state index contributed by atoms with van der Waals surface area (Å²) >= 11 is 0. The SMILES string of the molecule is COc1ccccc1N1CC[C@H](NC(=O)[C@H](C)O)C1. The Bertz CT molecular complexity index is 448. The molecule has 1 heterocycles. The van der Waals surface area contributed by atoms with E-state index >= 15 is 0 Å². The lowest BCUT2D eigenvalue weighted by Gasteiger charge is -2.21. The van der Waals surface area contributed by atoms with E-state index in [9.17, 15) is 9.90 Å². The number of ether oxygens (including phenoxy) is 1. The molecule has 5 heteroatoms. The standard InChI is InChI=1S/C14H20N2O3/c1-10(17)14(18)15-11-7-8-16(9-11)12-5-3-4-6-13(12)19-2/h3-6,10-11,17H,7-9H2,1-2H3,(H,15,18)/t10-,11-/m0/s1. The third-order valence-electron chi connectivity index (χ3n) is 3.34. The van der Waals surface area contributed by atoms with Gasteiger partial charge in [-0.1, -0.05) is 12.1 Å². The van der Waals surface area contributed by atoms with E-state index in [-0.39, 0.29) is 11.9 Å². The van der Waals surface area contributed by atoms with Crippen molar-refractivity contribution in [2.45, 2.75) is 25.5 Å². The number of aliphatic hydroxyl groups is 1. The normalized spacial score (nSPS) is 20.2. The smallest absolute Gasteiger partial charge is 0.248 e. The topological polar surface area (TPSA) is 61.8 Å². The zero-order valence-electron chi connectivity index (χ0n) is 11.3. The molecule has 0 unspecified atom stereocenters. The summed E-state index contributed by atoms with van der Waals surface area (Å²) in [6, 6.07) is 7.92. The van der Waals surface area contributed by atoms with Crippen LogP contribution in [0.25, 0.3) is 0 Å². The number of rotatable bonds is 4. The molecule has 5 nitrogen and oxygen atoms in total. The van der Waals surface area contributed by atoms with Gasteiger partial charge in [-0.25, -0.2) is 0 Å². The zero-order valence-corrected chi connectivity index (χ0v) is 11.3. The van der Waals surface area contributed by atoms with E-state index < -0.39 is 6.10 Å². The minimum Gasteiger partial charge on any atom is -0.495 e. The lowest BCUT2D eigenvalue weighted by Crippen LogP contribution is -2.41. The van der Waals surface area contributed by atoms with Gasteiger partial charge >= 0.3 is 0 Å². The number of anilines is 1. The quantitative estimate of drug-likeness (QED) is 0.843. The predicted octanol–water partition coefficient (Wildman–Crippen LogP) is 0.771. The van der Waals surface area contributed by atoms with E-state index in [1.165, 1.54) is 6.92 Å². The highest BCUT2D eigenvalue weighted by Crippen LogP contribution is 2.30. The van der Waals surface area contributed by atoms with Gasteiger partial charge in [0.05, 0.1) is 12.8 Å². The van der Waals surface area contributed by atoms with Crippen molar-refractivity contribution in [3.8, 4) is 5.75 Å². The number of carbonyl (C=O) groups is 1. The molecule has 0 radical (unpaired) electrons. The fourth-order valence-corrected chi connectivity index (χ4v) is 2.31. The van der Waals surface area contributed by atoms with Crippen LogP contribution in [0.1, 0.15) is 13.3 Å². The molecule has 1 aromatic rings. The Morgan fingerprint density at radius 2 is 2.26 bits per heavy atom. The predicted molar refractivity (Wildman–Crippen MR) is 73.4 cm³/mol. The molecule has 0 spiro atoms. The van der Waals surface area contributed by atoms with Crippen molar-refractivity contribution in [1.82, 2.24) is 5.32 Å². The van der Waals surface area contributed by atoms with E-state index in [4.69, 9.17) is 4.74 Å². The zero-order chi connectivity index (χ0) is 13.8. The third-order valence-corrected chi connectivity index (χ3v) is 3.34. The minimum atomic E-state index is -0.958. The fourth-order valence-electron chi connectivity index (χ4n) is 2.31. The van der Waals surface area contributed by atoms with Crippen molar-refractivity contribution in [3.05, 3.63) is 24.3 Å². The molecule has 1 saturated heterocycles. The number of para-hydroxylation sites is 2. The van der Waals surface area contributed by atoms with E-state index in [1.54, 1.807) is 7.11 Å². The first kappa shape index (κ1) is 13.7. The maximum absolute atomic E-state index is 11.5. The molecule has 0 bridgehead atoms. The molecule has 1 amide bonds. The molecule has 0 aliphatic carbocycles. The van der Waals surface area contributed by atoms with Gasteiger partial charge in [0, 0.05) is 19.1 Å². The Morgan fingerprint density at radius 3 is 2.95 bits per heavy atom. The largest absolute Gasteiger partial charge is 0.495 e. The number of methoxy groups -OCH3 is 1. The van der Waals surface area contributed by atoms with E-state index in [0.29, 0.717) is 0 Å². The Morgan fingerprint density at radius 1 is 1.53 bits per heavy atom. The average molecular weight is 264 g/mol. The first-order valence-corrected chi connectivity index (χ1v) is 6.48. The summed E-state index contributed by atoms with van der Waals surface area (Å²) in [5.74, 6) is 0.525. The molecule has 0 aromatic heterocycles. The molecule has 1 aliphatic heterocycles. The van der Waals surface area contributed by atoms with Gasteiger partial charge in [-0.3, -0.25) is 4.79 Å². The monoisotopic (exact) mass is 264 g/mol. The Kier molecular flexibility index (Phi) is 4.27. The summed E-state index contributed by atoms with van der Waals surface area (Å²) in [7, 11) is 1.65. The van der Waals surface area contributed by atoms with E-state index in [2.05, 4.69) is 10.2 Å². The van der Waals surface area contributed by atoms with Crippen molar-refractivity contribution >= 4 is 11.6 Å². The van der Waals surface area contributed by atoms with Crippen LogP contribution in [0.15, 0.2) is 24.3 Å². The van der Waals surface area contributed by atoms with E-state index in [0.717, 1.165) is 30.9 Å². The molecular weight excluding hydrogens is 244 g/mol. The number of nitrogens with zero attached hydrogens (tertiary/aromatic N) is 1. The van der Waals surface area contributed by atoms with Crippen molar-refractivity contribution in [3.63, 3.8) is 0 Å². The van der Waals surface area contributed by atoms with Gasteiger partial charge in [0.2, 0.25) is 5.91 Å². The highest BCUT2D eigenvalue weighted by molar-refractivity contribution is 5.80. The van der Waals surface area contributed by atoms with Crippen LogP contribution in [-0.4, -0.2) is 43.4 Å². The van der Waals surface area contributed by atoms with Crippen LogP contribution in [0, 0.1) is 0 Å². The number of aliphatic hydroxyl groups excluding tert-OH is 1. The van der Waals surface area contributed by atoms with Crippen LogP contribution in [0.2, 0.25) is 0 Å². The Labute approximate surface area is 113 Å². The molecule has 2 rings (SSSR count). The lowest BCUT2D eigenvalue weighted by atomic mass is 10.2. The number of hydrogen-bond acceptors (Lipinski definition) is 4. The summed E-state index contributed by atoms with van der Waals surface area (Å²) in [5.41, 5.74) is 1.04. The Balaban J connectivity index is 2.00. The summed E-state index contributed by atoms with van der Waals surface area (Å²) < 4.78 is 5.34. The van der Waals surface area contributed by atoms with Gasteiger partial charge in [0.15, 0.2) is 0 Å². The number of hydrogen-bond donors (Lipinski definition) is 2. The van der Waals surface area contributed by atoms with Gasteiger partial charge in [-0.15, -0.1) is 0 Å². The molecule has 1 fully saturated rings. The second-order valence-electron chi connectivity index (χ2n) is 4.79. The molecular formula is C14H20N2O3. The summed E-state index contributed by atoms with van der Waals surface area (Å²) in [5, 5.41) is 12.0. The maximum Gasteiger partial charge on any atom is 0.248 e. The molecule has 2 atom stereocenters. The van der Waals surface area contributed by atoms with Crippen LogP contribution in [0.5, 0.6) is 5.75 Å². The van der Waals surface area contributed by atoms with E-state index in [1.807, 2.05) is 24.3 Å². The van der Waals surface area contributed by atoms with Gasteiger partial charge in [-0.2, -0.15) is 0 Å². The van der Waals surface area contributed by atoms with Gasteiger partial charge in [-0.05, 0) is 25.5 Å². The molecule has 2 N–H and O–H groups in total. The summed E-state index contributed by atoms with van der Waals surface area (Å²) in [6.07, 6.45) is -0.0865. The second kappa shape index (κ2) is 5.93. The van der Waals surface area contributed by atoms with Crippen LogP contribution >= 0.6 is 0 Å². The van der Waals surface area contributed by atoms with Crippen LogP contribution in [0.4, 0.5) is 5.69 Å². The average Bonchev–Trinajstić information content (AvgIpc) is 2.86. The van der Waals surface area contributed by atoms with Gasteiger partial charge in [0.1, 0.15) is 11.9 Å². The lowest BCUT2D eigenvalue weighted by molar-refractivity contribution is -0.129. The molecule has 0 saturated carbocycles. The minimum absolute atomic E-state index is 0.0759. The van der Waals surface area contributed by atoms with Crippen LogP contribution in [0.3, 0.4) is 0 Å². The molecule has 104 valence electrons. The second-order valence-corrected chi connectivity index (χ2v) is 4.79. The van der Waals surface area contributed by atoms with Crippen LogP contribution < -0.4 is 15.0 Å². The molecule has 19 heavy (non-hydrogen) atoms. The highest BCUT2D eigenvalue weighted by atomic mass is 16.5. The first-order valence-electron chi connectivity index (χ1n) is 6.48. The van der Waals surface area contributed by atoms with Gasteiger partial charge < -0.3 is 20.1 Å². The first-order chi connectivity index (χ1) is 9.11. The summed E-state index contributed by atoms with van der Waals surface area (Å²) in [4.78, 5) is 13.6. The number of amides is 1. The van der Waals surface area contributed by atoms with Crippen molar-refractivity contribution in [1.29, 1.82) is 0 Å². The van der Waals surface area contributed by atoms with Crippen LogP contribution in [-0.2, 0) is 4.79 Å². The fraction of sp³-hybridized carbons (Fsp3) is 0.500. The Hall–Kier alpha value is -1.75. The number of benzene rings is 1. The van der Waals surface area contributed by atoms with Crippen molar-refractivity contribution in [2.24, 2.45) is 0 Å². The third kappa shape index (κ3) is 3.17. The molecule has 1 aromatic carbocycles. The van der Waals surface area contributed by atoms with Gasteiger partial charge in [0.25, 0.3) is 0 Å². The highest BCUT2D eigenvalue weighted by Gasteiger charge is 2.26. The molecule has 1 aliphatic rings. The summed E-state index contributed by atoms with van der Waals surface area (Å²) in [6.45, 7) is 3.08. The number of nitrogens with one attached hydrogen (secondary N) is 1.